The molecule has 0 heterocycles. The van der Waals surface area contributed by atoms with Gasteiger partial charge in [-0.25, -0.2) is 0 Å². The zero-order valence-electron chi connectivity index (χ0n) is 7.13. The number of rotatable bonds is 5. The van der Waals surface area contributed by atoms with Crippen molar-refractivity contribution in [3.8, 4) is 0 Å². The monoisotopic (exact) mass is 159 g/mol. The first kappa shape index (κ1) is 10.4. The Bertz CT molecular complexity index is 112. The van der Waals surface area contributed by atoms with Crippen molar-refractivity contribution < 1.29 is 14.3 Å². The molecule has 0 spiro atoms. The van der Waals surface area contributed by atoms with E-state index in [0.29, 0.717) is 19.4 Å². The SMILES string of the molecule is [CH2]C(CCC(=O)OCC)OC. The minimum absolute atomic E-state index is 0.112. The number of carbonyl (C=O) groups excluding carboxylic acids is 1. The van der Waals surface area contributed by atoms with Crippen LogP contribution in [0, 0.1) is 6.92 Å². The second-order valence-corrected chi connectivity index (χ2v) is 2.20. The largest absolute Gasteiger partial charge is 0.466 e. The van der Waals surface area contributed by atoms with Crippen LogP contribution in [-0.4, -0.2) is 25.8 Å². The summed E-state index contributed by atoms with van der Waals surface area (Å²) in [5.41, 5.74) is 0. The van der Waals surface area contributed by atoms with E-state index in [4.69, 9.17) is 9.47 Å². The Morgan fingerprint density at radius 3 is 2.73 bits per heavy atom. The first-order valence-electron chi connectivity index (χ1n) is 3.72. The van der Waals surface area contributed by atoms with Crippen molar-refractivity contribution in [2.24, 2.45) is 0 Å². The van der Waals surface area contributed by atoms with Gasteiger partial charge in [0.2, 0.25) is 0 Å². The number of esters is 1. The van der Waals surface area contributed by atoms with Gasteiger partial charge in [-0.2, -0.15) is 0 Å². The molecule has 0 saturated heterocycles. The summed E-state index contributed by atoms with van der Waals surface area (Å²) < 4.78 is 9.57. The molecule has 0 bridgehead atoms. The van der Waals surface area contributed by atoms with Gasteiger partial charge in [0.1, 0.15) is 0 Å². The lowest BCUT2D eigenvalue weighted by Gasteiger charge is -2.07. The van der Waals surface area contributed by atoms with E-state index in [2.05, 4.69) is 6.92 Å². The number of hydrogen-bond donors (Lipinski definition) is 0. The summed E-state index contributed by atoms with van der Waals surface area (Å²) in [7, 11) is 1.57. The smallest absolute Gasteiger partial charge is 0.305 e. The molecule has 0 aromatic carbocycles. The van der Waals surface area contributed by atoms with Crippen molar-refractivity contribution in [2.45, 2.75) is 25.9 Å². The van der Waals surface area contributed by atoms with Crippen LogP contribution in [0.5, 0.6) is 0 Å². The fraction of sp³-hybridized carbons (Fsp3) is 0.750. The predicted molar refractivity (Wildman–Crippen MR) is 42.0 cm³/mol. The van der Waals surface area contributed by atoms with Gasteiger partial charge in [-0.05, 0) is 20.3 Å². The highest BCUT2D eigenvalue weighted by atomic mass is 16.5. The molecule has 1 unspecified atom stereocenters. The third kappa shape index (κ3) is 5.85. The molecule has 0 aromatic rings. The minimum atomic E-state index is -0.182. The summed E-state index contributed by atoms with van der Waals surface area (Å²) in [6.07, 6.45) is 0.893. The van der Waals surface area contributed by atoms with Crippen LogP contribution in [0.4, 0.5) is 0 Å². The Morgan fingerprint density at radius 2 is 2.27 bits per heavy atom. The van der Waals surface area contributed by atoms with Crippen molar-refractivity contribution >= 4 is 5.97 Å². The fourth-order valence-corrected chi connectivity index (χ4v) is 0.630. The van der Waals surface area contributed by atoms with Crippen molar-refractivity contribution in [1.29, 1.82) is 0 Å². The van der Waals surface area contributed by atoms with E-state index in [1.807, 2.05) is 0 Å². The highest BCUT2D eigenvalue weighted by Crippen LogP contribution is 2.00. The van der Waals surface area contributed by atoms with Gasteiger partial charge in [-0.1, -0.05) is 0 Å². The van der Waals surface area contributed by atoms with Gasteiger partial charge in [0.15, 0.2) is 0 Å². The summed E-state index contributed by atoms with van der Waals surface area (Å²) in [6.45, 7) is 5.88. The van der Waals surface area contributed by atoms with Crippen LogP contribution in [0.15, 0.2) is 0 Å². The Balaban J connectivity index is 3.30. The van der Waals surface area contributed by atoms with Crippen molar-refractivity contribution in [3.63, 3.8) is 0 Å². The van der Waals surface area contributed by atoms with Gasteiger partial charge in [-0.15, -0.1) is 0 Å². The topological polar surface area (TPSA) is 35.5 Å². The third-order valence-corrected chi connectivity index (χ3v) is 1.31. The molecule has 0 amide bonds. The highest BCUT2D eigenvalue weighted by molar-refractivity contribution is 5.69. The van der Waals surface area contributed by atoms with Crippen molar-refractivity contribution in [2.75, 3.05) is 13.7 Å². The summed E-state index contributed by atoms with van der Waals surface area (Å²) in [5, 5.41) is 0. The third-order valence-electron chi connectivity index (χ3n) is 1.31. The molecular weight excluding hydrogens is 144 g/mol. The zero-order chi connectivity index (χ0) is 8.69. The number of hydrogen-bond acceptors (Lipinski definition) is 3. The average Bonchev–Trinajstić information content (AvgIpc) is 2.01. The lowest BCUT2D eigenvalue weighted by atomic mass is 10.2. The van der Waals surface area contributed by atoms with E-state index < -0.39 is 0 Å². The maximum atomic E-state index is 10.8. The standard InChI is InChI=1S/C8H15O3/c1-4-11-8(9)6-5-7(2)10-3/h7H,2,4-6H2,1,3H3. The zero-order valence-corrected chi connectivity index (χ0v) is 7.13. The molecule has 0 N–H and O–H groups in total. The molecule has 0 saturated carbocycles. The molecule has 1 atom stereocenters. The molecule has 3 heteroatoms. The van der Waals surface area contributed by atoms with Crippen molar-refractivity contribution in [3.05, 3.63) is 6.92 Å². The van der Waals surface area contributed by atoms with Crippen LogP contribution in [0.2, 0.25) is 0 Å². The average molecular weight is 159 g/mol. The maximum absolute atomic E-state index is 10.8. The summed E-state index contributed by atoms with van der Waals surface area (Å²) in [6, 6.07) is 0. The molecular formula is C8H15O3. The lowest BCUT2D eigenvalue weighted by molar-refractivity contribution is -0.143. The molecule has 3 nitrogen and oxygen atoms in total. The van der Waals surface area contributed by atoms with Gasteiger partial charge in [0.25, 0.3) is 0 Å². The molecule has 65 valence electrons. The lowest BCUT2D eigenvalue weighted by Crippen LogP contribution is -2.10. The van der Waals surface area contributed by atoms with Gasteiger partial charge < -0.3 is 9.47 Å². The Kier molecular flexibility index (Phi) is 5.84. The predicted octanol–water partition coefficient (Wildman–Crippen LogP) is 1.18. The number of carbonyl (C=O) groups is 1. The molecule has 0 aromatic heterocycles. The second kappa shape index (κ2) is 6.16. The minimum Gasteiger partial charge on any atom is -0.466 e. The summed E-state index contributed by atoms with van der Waals surface area (Å²) >= 11 is 0. The molecule has 0 rings (SSSR count). The summed E-state index contributed by atoms with van der Waals surface area (Å²) in [4.78, 5) is 10.8. The van der Waals surface area contributed by atoms with E-state index in [0.717, 1.165) is 0 Å². The van der Waals surface area contributed by atoms with Crippen LogP contribution in [0.3, 0.4) is 0 Å². The van der Waals surface area contributed by atoms with E-state index in [1.165, 1.54) is 0 Å². The first-order chi connectivity index (χ1) is 5.20. The molecule has 0 fully saturated rings. The van der Waals surface area contributed by atoms with Crippen LogP contribution in [0.1, 0.15) is 19.8 Å². The van der Waals surface area contributed by atoms with E-state index in [-0.39, 0.29) is 12.1 Å². The van der Waals surface area contributed by atoms with Gasteiger partial charge in [0.05, 0.1) is 12.7 Å². The molecule has 0 aliphatic rings. The van der Waals surface area contributed by atoms with Crippen LogP contribution < -0.4 is 0 Å². The maximum Gasteiger partial charge on any atom is 0.305 e. The normalized spacial score (nSPS) is 12.6. The first-order valence-corrected chi connectivity index (χ1v) is 3.72. The summed E-state index contributed by atoms with van der Waals surface area (Å²) in [5.74, 6) is -0.182. The Morgan fingerprint density at radius 1 is 1.64 bits per heavy atom. The van der Waals surface area contributed by atoms with Gasteiger partial charge >= 0.3 is 5.97 Å². The number of ether oxygens (including phenoxy) is 2. The van der Waals surface area contributed by atoms with Gasteiger partial charge in [-0.3, -0.25) is 4.79 Å². The fourth-order valence-electron chi connectivity index (χ4n) is 0.630. The van der Waals surface area contributed by atoms with Crippen molar-refractivity contribution in [1.82, 2.24) is 0 Å². The Labute approximate surface area is 67.7 Å². The van der Waals surface area contributed by atoms with E-state index in [9.17, 15) is 4.79 Å². The second-order valence-electron chi connectivity index (χ2n) is 2.20. The molecule has 11 heavy (non-hydrogen) atoms. The number of methoxy groups -OCH3 is 1. The van der Waals surface area contributed by atoms with Crippen LogP contribution >= 0.6 is 0 Å². The molecule has 0 aliphatic heterocycles. The Hall–Kier alpha value is -0.570. The highest BCUT2D eigenvalue weighted by Gasteiger charge is 2.05. The van der Waals surface area contributed by atoms with E-state index >= 15 is 0 Å². The molecule has 0 aliphatic carbocycles. The van der Waals surface area contributed by atoms with E-state index in [1.54, 1.807) is 14.0 Å². The quantitative estimate of drug-likeness (QED) is 0.565. The van der Waals surface area contributed by atoms with Crippen LogP contribution in [0.25, 0.3) is 0 Å². The van der Waals surface area contributed by atoms with Gasteiger partial charge in [0, 0.05) is 13.5 Å². The van der Waals surface area contributed by atoms with Crippen LogP contribution in [-0.2, 0) is 14.3 Å². The molecule has 1 radical (unpaired) electrons.